The molecule has 0 saturated heterocycles. The smallest absolute Gasteiger partial charge is 0.0865 e. The summed E-state index contributed by atoms with van der Waals surface area (Å²) in [6.07, 6.45) is 1.82. The Hall–Kier alpha value is -0.230. The van der Waals surface area contributed by atoms with E-state index in [1.54, 1.807) is 11.3 Å². The Morgan fingerprint density at radius 3 is 2.71 bits per heavy atom. The highest BCUT2D eigenvalue weighted by atomic mass is 79.9. The van der Waals surface area contributed by atoms with Crippen molar-refractivity contribution in [3.8, 4) is 0 Å². The molecule has 2 rings (SSSR count). The predicted molar refractivity (Wildman–Crippen MR) is 77.4 cm³/mol. The van der Waals surface area contributed by atoms with E-state index in [9.17, 15) is 5.11 Å². The number of thiophene rings is 1. The van der Waals surface area contributed by atoms with Crippen molar-refractivity contribution in [2.45, 2.75) is 19.4 Å². The molecular formula is C12H11Br2NOS. The molecule has 0 radical (unpaired) electrons. The summed E-state index contributed by atoms with van der Waals surface area (Å²) < 4.78 is 1.97. The summed E-state index contributed by atoms with van der Waals surface area (Å²) in [5.74, 6) is 0. The summed E-state index contributed by atoms with van der Waals surface area (Å²) in [6.45, 7) is 2.00. The van der Waals surface area contributed by atoms with Crippen LogP contribution in [-0.2, 0) is 6.42 Å². The monoisotopic (exact) mass is 375 g/mol. The average molecular weight is 377 g/mol. The molecule has 0 aliphatic heterocycles. The fraction of sp³-hybridized carbons (Fsp3) is 0.250. The standard InChI is InChI=1S/C12H11Br2NOS/c1-7-2-3-8(15-6-7)4-10(16)9-5-11(13)17-12(9)14/h2-3,5-6,10,16H,4H2,1H3. The van der Waals surface area contributed by atoms with Crippen molar-refractivity contribution in [2.24, 2.45) is 0 Å². The fourth-order valence-electron chi connectivity index (χ4n) is 1.51. The van der Waals surface area contributed by atoms with E-state index in [-0.39, 0.29) is 0 Å². The van der Waals surface area contributed by atoms with Crippen LogP contribution < -0.4 is 0 Å². The molecule has 1 unspecified atom stereocenters. The molecule has 2 aromatic rings. The number of hydrogen-bond donors (Lipinski definition) is 1. The van der Waals surface area contributed by atoms with Gasteiger partial charge in [-0.25, -0.2) is 0 Å². The molecule has 2 nitrogen and oxygen atoms in total. The Balaban J connectivity index is 2.14. The zero-order chi connectivity index (χ0) is 12.4. The first-order valence-electron chi connectivity index (χ1n) is 5.10. The summed E-state index contributed by atoms with van der Waals surface area (Å²) >= 11 is 8.42. The van der Waals surface area contributed by atoms with Crippen molar-refractivity contribution in [1.82, 2.24) is 4.98 Å². The number of nitrogens with zero attached hydrogens (tertiary/aromatic N) is 1. The lowest BCUT2D eigenvalue weighted by Crippen LogP contribution is -2.02. The molecule has 17 heavy (non-hydrogen) atoms. The lowest BCUT2D eigenvalue weighted by Gasteiger charge is -2.09. The zero-order valence-corrected chi connectivity index (χ0v) is 13.1. The number of rotatable bonds is 3. The maximum Gasteiger partial charge on any atom is 0.0865 e. The quantitative estimate of drug-likeness (QED) is 0.868. The second-order valence-corrected chi connectivity index (χ2v) is 7.58. The van der Waals surface area contributed by atoms with Crippen LogP contribution in [0.15, 0.2) is 32.0 Å². The van der Waals surface area contributed by atoms with Crippen molar-refractivity contribution in [1.29, 1.82) is 0 Å². The van der Waals surface area contributed by atoms with Gasteiger partial charge in [0.15, 0.2) is 0 Å². The van der Waals surface area contributed by atoms with E-state index in [0.717, 1.165) is 24.4 Å². The van der Waals surface area contributed by atoms with Gasteiger partial charge in [0.2, 0.25) is 0 Å². The summed E-state index contributed by atoms with van der Waals surface area (Å²) in [5, 5.41) is 10.2. The van der Waals surface area contributed by atoms with Crippen LogP contribution in [0.1, 0.15) is 22.9 Å². The van der Waals surface area contributed by atoms with Crippen LogP contribution in [0.3, 0.4) is 0 Å². The molecule has 0 aliphatic rings. The number of pyridine rings is 1. The molecule has 1 atom stereocenters. The van der Waals surface area contributed by atoms with Crippen molar-refractivity contribution in [3.63, 3.8) is 0 Å². The molecule has 5 heteroatoms. The second kappa shape index (κ2) is 5.61. The molecule has 0 aromatic carbocycles. The summed E-state index contributed by atoms with van der Waals surface area (Å²) in [5.41, 5.74) is 2.93. The molecule has 0 fully saturated rings. The van der Waals surface area contributed by atoms with E-state index in [4.69, 9.17) is 0 Å². The van der Waals surface area contributed by atoms with Crippen molar-refractivity contribution >= 4 is 43.2 Å². The Kier molecular flexibility index (Phi) is 4.36. The van der Waals surface area contributed by atoms with E-state index >= 15 is 0 Å². The highest BCUT2D eigenvalue weighted by Gasteiger charge is 2.15. The first-order chi connectivity index (χ1) is 8.06. The van der Waals surface area contributed by atoms with Crippen LogP contribution in [0.5, 0.6) is 0 Å². The number of aliphatic hydroxyl groups is 1. The topological polar surface area (TPSA) is 33.1 Å². The van der Waals surface area contributed by atoms with Gasteiger partial charge in [-0.3, -0.25) is 4.98 Å². The Bertz CT molecular complexity index is 510. The Morgan fingerprint density at radius 2 is 2.18 bits per heavy atom. The third-order valence-corrected chi connectivity index (χ3v) is 4.80. The van der Waals surface area contributed by atoms with Crippen LogP contribution in [0.25, 0.3) is 0 Å². The molecule has 2 aromatic heterocycles. The summed E-state index contributed by atoms with van der Waals surface area (Å²) in [7, 11) is 0. The van der Waals surface area contributed by atoms with Crippen LogP contribution in [0.4, 0.5) is 0 Å². The molecule has 0 amide bonds. The van der Waals surface area contributed by atoms with E-state index < -0.39 is 6.10 Å². The van der Waals surface area contributed by atoms with Gasteiger partial charge >= 0.3 is 0 Å². The Labute approximate surface area is 121 Å². The SMILES string of the molecule is Cc1ccc(CC(O)c2cc(Br)sc2Br)nc1. The molecule has 0 bridgehead atoms. The zero-order valence-electron chi connectivity index (χ0n) is 9.15. The second-order valence-electron chi connectivity index (χ2n) is 3.83. The average Bonchev–Trinajstić information content (AvgIpc) is 2.61. The minimum atomic E-state index is -0.526. The van der Waals surface area contributed by atoms with E-state index in [0.29, 0.717) is 6.42 Å². The number of halogens is 2. The molecular weight excluding hydrogens is 366 g/mol. The Morgan fingerprint density at radius 1 is 1.41 bits per heavy atom. The summed E-state index contributed by atoms with van der Waals surface area (Å²) in [4.78, 5) is 4.30. The van der Waals surface area contributed by atoms with Gasteiger partial charge in [-0.1, -0.05) is 6.07 Å². The van der Waals surface area contributed by atoms with Gasteiger partial charge in [0, 0.05) is 23.9 Å². The largest absolute Gasteiger partial charge is 0.388 e. The van der Waals surface area contributed by atoms with Crippen LogP contribution in [0, 0.1) is 6.92 Å². The van der Waals surface area contributed by atoms with Gasteiger partial charge in [0.25, 0.3) is 0 Å². The lowest BCUT2D eigenvalue weighted by atomic mass is 10.1. The van der Waals surface area contributed by atoms with Crippen molar-refractivity contribution in [2.75, 3.05) is 0 Å². The number of aromatic nitrogens is 1. The van der Waals surface area contributed by atoms with Crippen LogP contribution in [-0.4, -0.2) is 10.1 Å². The lowest BCUT2D eigenvalue weighted by molar-refractivity contribution is 0.177. The van der Waals surface area contributed by atoms with Gasteiger partial charge in [0.1, 0.15) is 0 Å². The maximum atomic E-state index is 10.2. The minimum Gasteiger partial charge on any atom is -0.388 e. The highest BCUT2D eigenvalue weighted by molar-refractivity contribution is 9.12. The molecule has 1 N–H and O–H groups in total. The van der Waals surface area contributed by atoms with Gasteiger partial charge in [-0.15, -0.1) is 11.3 Å². The number of hydrogen-bond acceptors (Lipinski definition) is 3. The van der Waals surface area contributed by atoms with Gasteiger partial charge in [-0.05, 0) is 56.5 Å². The van der Waals surface area contributed by atoms with Gasteiger partial charge in [-0.2, -0.15) is 0 Å². The summed E-state index contributed by atoms with van der Waals surface area (Å²) in [6, 6.07) is 5.90. The highest BCUT2D eigenvalue weighted by Crippen LogP contribution is 2.36. The molecule has 2 heterocycles. The van der Waals surface area contributed by atoms with E-state index in [1.165, 1.54) is 0 Å². The number of aliphatic hydroxyl groups excluding tert-OH is 1. The number of aryl methyl sites for hydroxylation is 1. The molecule has 0 saturated carbocycles. The van der Waals surface area contributed by atoms with E-state index in [2.05, 4.69) is 36.8 Å². The fourth-order valence-corrected chi connectivity index (χ4v) is 4.46. The van der Waals surface area contributed by atoms with Crippen LogP contribution in [0.2, 0.25) is 0 Å². The first-order valence-corrected chi connectivity index (χ1v) is 7.51. The van der Waals surface area contributed by atoms with E-state index in [1.807, 2.05) is 31.3 Å². The van der Waals surface area contributed by atoms with Crippen molar-refractivity contribution < 1.29 is 5.11 Å². The minimum absolute atomic E-state index is 0.526. The van der Waals surface area contributed by atoms with Gasteiger partial charge < -0.3 is 5.11 Å². The molecule has 0 aliphatic carbocycles. The third-order valence-electron chi connectivity index (χ3n) is 2.42. The van der Waals surface area contributed by atoms with Crippen molar-refractivity contribution in [3.05, 3.63) is 48.8 Å². The predicted octanol–water partition coefficient (Wildman–Crippen LogP) is 4.25. The maximum absolute atomic E-state index is 10.2. The van der Waals surface area contributed by atoms with Crippen LogP contribution >= 0.6 is 43.2 Å². The van der Waals surface area contributed by atoms with Gasteiger partial charge in [0.05, 0.1) is 13.7 Å². The third kappa shape index (κ3) is 3.37. The normalized spacial score (nSPS) is 12.7. The molecule has 90 valence electrons. The molecule has 0 spiro atoms. The first kappa shape index (κ1) is 13.2.